The van der Waals surface area contributed by atoms with Gasteiger partial charge >= 0.3 is 0 Å². The quantitative estimate of drug-likeness (QED) is 0.890. The lowest BCUT2D eigenvalue weighted by Gasteiger charge is -2.20. The second kappa shape index (κ2) is 6.61. The molecule has 4 nitrogen and oxygen atoms in total. The van der Waals surface area contributed by atoms with Crippen LogP contribution in [-0.2, 0) is 6.54 Å². The van der Waals surface area contributed by atoms with E-state index in [-0.39, 0.29) is 0 Å². The predicted octanol–water partition coefficient (Wildman–Crippen LogP) is 4.22. The van der Waals surface area contributed by atoms with Crippen molar-refractivity contribution in [1.29, 1.82) is 0 Å². The van der Waals surface area contributed by atoms with Gasteiger partial charge in [0.05, 0.1) is 27.3 Å². The van der Waals surface area contributed by atoms with Crippen LogP contribution in [0.4, 0.5) is 11.6 Å². The molecule has 0 aliphatic heterocycles. The molecule has 0 unspecified atom stereocenters. The molecule has 0 saturated heterocycles. The number of aryl methyl sites for hydroxylation is 1. The van der Waals surface area contributed by atoms with E-state index in [1.54, 1.807) is 17.4 Å². The van der Waals surface area contributed by atoms with Gasteiger partial charge in [-0.1, -0.05) is 23.2 Å². The summed E-state index contributed by atoms with van der Waals surface area (Å²) in [6.45, 7) is 5.39. The number of nitrogens with one attached hydrogen (secondary N) is 1. The summed E-state index contributed by atoms with van der Waals surface area (Å²) in [7, 11) is 1.94. The van der Waals surface area contributed by atoms with E-state index < -0.39 is 0 Å². The molecule has 2 heterocycles. The lowest BCUT2D eigenvalue weighted by molar-refractivity contribution is 0.870. The van der Waals surface area contributed by atoms with Crippen LogP contribution in [-0.4, -0.2) is 23.6 Å². The minimum Gasteiger partial charge on any atom is -0.369 e. The van der Waals surface area contributed by atoms with Crippen molar-refractivity contribution in [3.8, 4) is 0 Å². The largest absolute Gasteiger partial charge is 0.369 e. The lowest BCUT2D eigenvalue weighted by Crippen LogP contribution is -2.19. The van der Waals surface area contributed by atoms with E-state index in [1.807, 2.05) is 31.2 Å². The summed E-state index contributed by atoms with van der Waals surface area (Å²) in [6, 6.07) is 1.71. The van der Waals surface area contributed by atoms with Gasteiger partial charge in [-0.15, -0.1) is 11.3 Å². The van der Waals surface area contributed by atoms with Crippen molar-refractivity contribution in [1.82, 2.24) is 9.97 Å². The second-order valence-corrected chi connectivity index (χ2v) is 6.25. The topological polar surface area (TPSA) is 41.1 Å². The van der Waals surface area contributed by atoms with E-state index in [1.165, 1.54) is 0 Å². The van der Waals surface area contributed by atoms with Crippen LogP contribution >= 0.6 is 34.5 Å². The zero-order valence-corrected chi connectivity index (χ0v) is 13.9. The SMILES string of the molecule is CCNc1nc(N(C)Cc2csc(C)n2)c(Cl)cc1Cl. The van der Waals surface area contributed by atoms with Crippen LogP contribution in [0.25, 0.3) is 0 Å². The molecule has 2 aromatic heterocycles. The van der Waals surface area contributed by atoms with Gasteiger partial charge in [0.1, 0.15) is 11.6 Å². The summed E-state index contributed by atoms with van der Waals surface area (Å²) >= 11 is 14.0. The molecule has 0 radical (unpaired) electrons. The van der Waals surface area contributed by atoms with E-state index in [9.17, 15) is 0 Å². The lowest BCUT2D eigenvalue weighted by atomic mass is 10.3. The van der Waals surface area contributed by atoms with Crippen molar-refractivity contribution in [2.45, 2.75) is 20.4 Å². The fraction of sp³-hybridized carbons (Fsp3) is 0.385. The third-order valence-corrected chi connectivity index (χ3v) is 4.07. The predicted molar refractivity (Wildman–Crippen MR) is 87.4 cm³/mol. The van der Waals surface area contributed by atoms with Crippen molar-refractivity contribution < 1.29 is 0 Å². The first kappa shape index (κ1) is 15.4. The first-order valence-corrected chi connectivity index (χ1v) is 7.87. The molecule has 0 aliphatic rings. The van der Waals surface area contributed by atoms with Gasteiger partial charge in [-0.3, -0.25) is 0 Å². The number of nitrogens with zero attached hydrogens (tertiary/aromatic N) is 3. The maximum atomic E-state index is 6.23. The number of hydrogen-bond acceptors (Lipinski definition) is 5. The minimum atomic E-state index is 0.526. The number of anilines is 2. The minimum absolute atomic E-state index is 0.526. The van der Waals surface area contributed by atoms with Crippen molar-refractivity contribution in [2.24, 2.45) is 0 Å². The molecule has 0 bridgehead atoms. The average Bonchev–Trinajstić information content (AvgIpc) is 2.78. The molecule has 2 rings (SSSR count). The molecule has 0 amide bonds. The second-order valence-electron chi connectivity index (χ2n) is 4.37. The van der Waals surface area contributed by atoms with Crippen molar-refractivity contribution in [2.75, 3.05) is 23.8 Å². The molecule has 1 N–H and O–H groups in total. The van der Waals surface area contributed by atoms with E-state index in [0.717, 1.165) is 17.2 Å². The third-order valence-electron chi connectivity index (χ3n) is 2.68. The van der Waals surface area contributed by atoms with Gasteiger partial charge in [0.2, 0.25) is 0 Å². The van der Waals surface area contributed by atoms with Crippen molar-refractivity contribution >= 4 is 46.2 Å². The number of hydrogen-bond donors (Lipinski definition) is 1. The zero-order chi connectivity index (χ0) is 14.7. The summed E-state index contributed by atoms with van der Waals surface area (Å²) < 4.78 is 0. The highest BCUT2D eigenvalue weighted by atomic mass is 35.5. The fourth-order valence-corrected chi connectivity index (χ4v) is 2.99. The highest BCUT2D eigenvalue weighted by molar-refractivity contribution is 7.09. The van der Waals surface area contributed by atoms with Crippen molar-refractivity contribution in [3.63, 3.8) is 0 Å². The molecule has 0 aromatic carbocycles. The third kappa shape index (κ3) is 3.53. The summed E-state index contributed by atoms with van der Waals surface area (Å²) in [5.41, 5.74) is 1.01. The van der Waals surface area contributed by atoms with E-state index in [4.69, 9.17) is 23.2 Å². The maximum absolute atomic E-state index is 6.23. The van der Waals surface area contributed by atoms with Crippen LogP contribution < -0.4 is 10.2 Å². The van der Waals surface area contributed by atoms with Gasteiger partial charge in [-0.2, -0.15) is 0 Å². The van der Waals surface area contributed by atoms with Crippen LogP contribution in [0.15, 0.2) is 11.4 Å². The number of halogens is 2. The van der Waals surface area contributed by atoms with Gasteiger partial charge in [0, 0.05) is 19.0 Å². The molecule has 2 aromatic rings. The molecule has 20 heavy (non-hydrogen) atoms. The standard InChI is InChI=1S/C13H16Cl2N4S/c1-4-16-12-10(14)5-11(15)13(18-12)19(3)6-9-7-20-8(2)17-9/h5,7H,4,6H2,1-3H3,(H,16,18). The number of thiazole rings is 1. The Bertz CT molecular complexity index is 600. The van der Waals surface area contributed by atoms with Crippen LogP contribution in [0.5, 0.6) is 0 Å². The zero-order valence-electron chi connectivity index (χ0n) is 11.6. The molecule has 0 atom stereocenters. The Labute approximate surface area is 132 Å². The van der Waals surface area contributed by atoms with Gasteiger partial charge < -0.3 is 10.2 Å². The smallest absolute Gasteiger partial charge is 0.150 e. The summed E-state index contributed by atoms with van der Waals surface area (Å²) in [5, 5.41) is 7.28. The van der Waals surface area contributed by atoms with Gasteiger partial charge in [-0.25, -0.2) is 9.97 Å². The Balaban J connectivity index is 2.24. The van der Waals surface area contributed by atoms with Crippen LogP contribution in [0.3, 0.4) is 0 Å². The first-order chi connectivity index (χ1) is 9.51. The number of rotatable bonds is 5. The first-order valence-electron chi connectivity index (χ1n) is 6.23. The van der Waals surface area contributed by atoms with Gasteiger partial charge in [0.15, 0.2) is 0 Å². The summed E-state index contributed by atoms with van der Waals surface area (Å²) in [4.78, 5) is 10.9. The normalized spacial score (nSPS) is 10.7. The fourth-order valence-electron chi connectivity index (χ4n) is 1.81. The summed E-state index contributed by atoms with van der Waals surface area (Å²) in [5.74, 6) is 1.34. The van der Waals surface area contributed by atoms with E-state index in [2.05, 4.69) is 15.3 Å². The molecule has 7 heteroatoms. The number of pyridine rings is 1. The average molecular weight is 331 g/mol. The molecule has 108 valence electrons. The molecule has 0 saturated carbocycles. The maximum Gasteiger partial charge on any atom is 0.150 e. The molecular weight excluding hydrogens is 315 g/mol. The Morgan fingerprint density at radius 1 is 1.30 bits per heavy atom. The highest BCUT2D eigenvalue weighted by Crippen LogP contribution is 2.31. The Hall–Kier alpha value is -1.04. The Morgan fingerprint density at radius 3 is 2.65 bits per heavy atom. The van der Waals surface area contributed by atoms with Gasteiger partial charge in [-0.05, 0) is 19.9 Å². The molecule has 0 spiro atoms. The highest BCUT2D eigenvalue weighted by Gasteiger charge is 2.14. The molecule has 0 aliphatic carbocycles. The van der Waals surface area contributed by atoms with Crippen LogP contribution in [0.2, 0.25) is 10.0 Å². The monoisotopic (exact) mass is 330 g/mol. The molecular formula is C13H16Cl2N4S. The van der Waals surface area contributed by atoms with E-state index in [0.29, 0.717) is 28.2 Å². The molecule has 0 fully saturated rings. The van der Waals surface area contributed by atoms with Crippen LogP contribution in [0, 0.1) is 6.92 Å². The van der Waals surface area contributed by atoms with Crippen LogP contribution in [0.1, 0.15) is 17.6 Å². The Kier molecular flexibility index (Phi) is 5.07. The van der Waals surface area contributed by atoms with Gasteiger partial charge in [0.25, 0.3) is 0 Å². The van der Waals surface area contributed by atoms with E-state index >= 15 is 0 Å². The summed E-state index contributed by atoms with van der Waals surface area (Å²) in [6.07, 6.45) is 0. The Morgan fingerprint density at radius 2 is 2.05 bits per heavy atom. The van der Waals surface area contributed by atoms with Crippen molar-refractivity contribution in [3.05, 3.63) is 32.2 Å². The number of aromatic nitrogens is 2.